The third-order valence-electron chi connectivity index (χ3n) is 3.00. The number of hydrogen-bond acceptors (Lipinski definition) is 5. The molecule has 0 unspecified atom stereocenters. The number of carbonyl (C=O) groups is 3. The number of nitrogens with zero attached hydrogens (tertiary/aromatic N) is 1. The Hall–Kier alpha value is -1.86. The van der Waals surface area contributed by atoms with Gasteiger partial charge < -0.3 is 19.5 Å². The van der Waals surface area contributed by atoms with Crippen LogP contribution in [0.5, 0.6) is 0 Å². The number of carbonyl (C=O) groups excluding carboxylic acids is 2. The number of aliphatic carboxylic acids is 1. The molecule has 1 aliphatic heterocycles. The summed E-state index contributed by atoms with van der Waals surface area (Å²) in [6.07, 6.45) is -1.40. The van der Waals surface area contributed by atoms with E-state index in [0.29, 0.717) is 0 Å². The molecule has 120 valence electrons. The van der Waals surface area contributed by atoms with E-state index in [4.69, 9.17) is 9.84 Å². The Labute approximate surface area is 122 Å². The molecule has 7 nitrogen and oxygen atoms in total. The quantitative estimate of drug-likeness (QED) is 0.771. The summed E-state index contributed by atoms with van der Waals surface area (Å²) in [5.74, 6) is -3.67. The van der Waals surface area contributed by atoms with Gasteiger partial charge in [-0.05, 0) is 20.8 Å². The van der Waals surface area contributed by atoms with Crippen molar-refractivity contribution in [1.29, 1.82) is 0 Å². The average Bonchev–Trinajstić information content (AvgIpc) is 2.34. The molecule has 8 heteroatoms. The highest BCUT2D eigenvalue weighted by atomic mass is 19.1. The Morgan fingerprint density at radius 1 is 1.33 bits per heavy atom. The summed E-state index contributed by atoms with van der Waals surface area (Å²) >= 11 is 0. The van der Waals surface area contributed by atoms with Crippen LogP contribution in [0.2, 0.25) is 0 Å². The zero-order valence-corrected chi connectivity index (χ0v) is 12.5. The van der Waals surface area contributed by atoms with Gasteiger partial charge >= 0.3 is 18.0 Å². The van der Waals surface area contributed by atoms with Crippen LogP contribution in [-0.4, -0.2) is 59.5 Å². The first-order valence-electron chi connectivity index (χ1n) is 6.46. The van der Waals surface area contributed by atoms with Gasteiger partial charge in [0.15, 0.2) is 0 Å². The topological polar surface area (TPSA) is 93.1 Å². The van der Waals surface area contributed by atoms with E-state index in [2.05, 4.69) is 4.74 Å². The van der Waals surface area contributed by atoms with Gasteiger partial charge in [-0.15, -0.1) is 0 Å². The lowest BCUT2D eigenvalue weighted by atomic mass is 9.87. The summed E-state index contributed by atoms with van der Waals surface area (Å²) in [7, 11) is 1.01. The van der Waals surface area contributed by atoms with Crippen LogP contribution in [0.1, 0.15) is 27.2 Å². The summed E-state index contributed by atoms with van der Waals surface area (Å²) in [6, 6.07) is 0. The zero-order chi connectivity index (χ0) is 16.4. The molecule has 21 heavy (non-hydrogen) atoms. The van der Waals surface area contributed by atoms with E-state index in [9.17, 15) is 18.8 Å². The van der Waals surface area contributed by atoms with E-state index < -0.39 is 48.2 Å². The number of rotatable bonds is 2. The molecule has 2 atom stereocenters. The molecule has 1 N–H and O–H groups in total. The van der Waals surface area contributed by atoms with Crippen LogP contribution >= 0.6 is 0 Å². The van der Waals surface area contributed by atoms with Gasteiger partial charge in [-0.1, -0.05) is 0 Å². The van der Waals surface area contributed by atoms with Crippen LogP contribution in [0.25, 0.3) is 0 Å². The first-order valence-corrected chi connectivity index (χ1v) is 6.46. The molecular weight excluding hydrogens is 285 g/mol. The number of alkyl halides is 1. The van der Waals surface area contributed by atoms with Crippen molar-refractivity contribution in [3.05, 3.63) is 0 Å². The first kappa shape index (κ1) is 17.2. The molecule has 1 rings (SSSR count). The SMILES string of the molecule is COC(=O)[C@@]1(F)C[C@@H](C(=O)O)CN(C(=O)OC(C)(C)C)C1. The second kappa shape index (κ2) is 5.87. The molecule has 1 saturated heterocycles. The predicted octanol–water partition coefficient (Wildman–Crippen LogP) is 1.21. The standard InChI is InChI=1S/C13H20FNO6/c1-12(2,3)21-11(19)15-6-8(9(16)17)5-13(14,7-15)10(18)20-4/h8H,5-7H2,1-4H3,(H,16,17)/t8-,13-/m1/s1. The molecule has 0 aromatic carbocycles. The fourth-order valence-corrected chi connectivity index (χ4v) is 2.11. The van der Waals surface area contributed by atoms with Crippen molar-refractivity contribution in [1.82, 2.24) is 4.90 Å². The lowest BCUT2D eigenvalue weighted by molar-refractivity contribution is -0.163. The first-order chi connectivity index (χ1) is 9.48. The minimum atomic E-state index is -2.55. The van der Waals surface area contributed by atoms with Crippen molar-refractivity contribution >= 4 is 18.0 Å². The van der Waals surface area contributed by atoms with Crippen LogP contribution in [0, 0.1) is 5.92 Å². The van der Waals surface area contributed by atoms with Crippen molar-refractivity contribution in [2.45, 2.75) is 38.5 Å². The van der Waals surface area contributed by atoms with E-state index in [1.165, 1.54) is 0 Å². The van der Waals surface area contributed by atoms with Crippen molar-refractivity contribution in [2.75, 3.05) is 20.2 Å². The average molecular weight is 305 g/mol. The van der Waals surface area contributed by atoms with E-state index in [1.54, 1.807) is 20.8 Å². The number of carboxylic acids is 1. The molecule has 1 heterocycles. The molecule has 0 spiro atoms. The van der Waals surface area contributed by atoms with Gasteiger partial charge in [0, 0.05) is 13.0 Å². The summed E-state index contributed by atoms with van der Waals surface area (Å²) in [5.41, 5.74) is -3.36. The highest BCUT2D eigenvalue weighted by molar-refractivity contribution is 5.83. The lowest BCUT2D eigenvalue weighted by Crippen LogP contribution is -2.57. The van der Waals surface area contributed by atoms with Crippen molar-refractivity contribution in [3.63, 3.8) is 0 Å². The number of hydrogen-bond donors (Lipinski definition) is 1. The van der Waals surface area contributed by atoms with Crippen molar-refractivity contribution in [3.8, 4) is 0 Å². The molecule has 0 bridgehead atoms. The molecule has 0 aliphatic carbocycles. The number of esters is 1. The second-order valence-corrected chi connectivity index (χ2v) is 6.06. The van der Waals surface area contributed by atoms with E-state index >= 15 is 0 Å². The Morgan fingerprint density at radius 2 is 1.90 bits per heavy atom. The Kier molecular flexibility index (Phi) is 4.80. The second-order valence-electron chi connectivity index (χ2n) is 6.06. The van der Waals surface area contributed by atoms with Gasteiger partial charge in [-0.3, -0.25) is 4.79 Å². The third-order valence-corrected chi connectivity index (χ3v) is 3.00. The third kappa shape index (κ3) is 4.30. The van der Waals surface area contributed by atoms with Crippen LogP contribution in [0.15, 0.2) is 0 Å². The Bertz CT molecular complexity index is 446. The number of carboxylic acid groups (broad SMARTS) is 1. The zero-order valence-electron chi connectivity index (χ0n) is 12.5. The summed E-state index contributed by atoms with van der Waals surface area (Å²) < 4.78 is 24.1. The predicted molar refractivity (Wildman–Crippen MR) is 69.4 cm³/mol. The van der Waals surface area contributed by atoms with Gasteiger partial charge in [-0.25, -0.2) is 14.0 Å². The van der Waals surface area contributed by atoms with E-state index in [0.717, 1.165) is 12.0 Å². The monoisotopic (exact) mass is 305 g/mol. The highest BCUT2D eigenvalue weighted by Crippen LogP contribution is 2.31. The maximum atomic E-state index is 14.6. The maximum absolute atomic E-state index is 14.6. The maximum Gasteiger partial charge on any atom is 0.410 e. The van der Waals surface area contributed by atoms with Gasteiger partial charge in [-0.2, -0.15) is 0 Å². The highest BCUT2D eigenvalue weighted by Gasteiger charge is 2.51. The van der Waals surface area contributed by atoms with Crippen molar-refractivity contribution < 1.29 is 33.4 Å². The number of amides is 1. The van der Waals surface area contributed by atoms with Crippen LogP contribution in [0.4, 0.5) is 9.18 Å². The van der Waals surface area contributed by atoms with Gasteiger partial charge in [0.05, 0.1) is 19.6 Å². The number of piperidine rings is 1. The van der Waals surface area contributed by atoms with Gasteiger partial charge in [0.1, 0.15) is 5.60 Å². The molecule has 0 radical (unpaired) electrons. The molecular formula is C13H20FNO6. The Morgan fingerprint density at radius 3 is 2.33 bits per heavy atom. The molecule has 1 amide bonds. The normalized spacial score (nSPS) is 26.1. The summed E-state index contributed by atoms with van der Waals surface area (Å²) in [5, 5.41) is 9.06. The molecule has 0 aromatic rings. The van der Waals surface area contributed by atoms with Gasteiger partial charge in [0.25, 0.3) is 0 Å². The molecule has 0 aromatic heterocycles. The summed E-state index contributed by atoms with van der Waals surface area (Å²) in [6.45, 7) is 4.09. The minimum absolute atomic E-state index is 0.215. The number of halogens is 1. The largest absolute Gasteiger partial charge is 0.481 e. The fraction of sp³-hybridized carbons (Fsp3) is 0.769. The van der Waals surface area contributed by atoms with Crippen LogP contribution < -0.4 is 0 Å². The summed E-state index contributed by atoms with van der Waals surface area (Å²) in [4.78, 5) is 35.5. The lowest BCUT2D eigenvalue weighted by Gasteiger charge is -2.38. The van der Waals surface area contributed by atoms with Crippen molar-refractivity contribution in [2.24, 2.45) is 5.92 Å². The van der Waals surface area contributed by atoms with Crippen LogP contribution in [-0.2, 0) is 19.1 Å². The van der Waals surface area contributed by atoms with Gasteiger partial charge in [0.2, 0.25) is 5.67 Å². The Balaban J connectivity index is 2.97. The smallest absolute Gasteiger partial charge is 0.410 e. The fourth-order valence-electron chi connectivity index (χ4n) is 2.11. The number of methoxy groups -OCH3 is 1. The molecule has 0 saturated carbocycles. The van der Waals surface area contributed by atoms with Crippen LogP contribution in [0.3, 0.4) is 0 Å². The molecule has 1 aliphatic rings. The van der Waals surface area contributed by atoms with E-state index in [1.807, 2.05) is 0 Å². The van der Waals surface area contributed by atoms with E-state index in [-0.39, 0.29) is 6.54 Å². The number of ether oxygens (including phenoxy) is 2. The number of likely N-dealkylation sites (tertiary alicyclic amines) is 1. The molecule has 1 fully saturated rings. The minimum Gasteiger partial charge on any atom is -0.481 e.